The number of amides is 2. The highest BCUT2D eigenvalue weighted by Crippen LogP contribution is 2.23. The SMILES string of the molecule is CC(C)C[C@H](C(=O)N1CCN(c2ncc(F)cn2)C[C@H]1C)[C@H](O)C(=O)NO. The second kappa shape index (κ2) is 9.05. The lowest BCUT2D eigenvalue weighted by molar-refractivity contribution is -0.152. The van der Waals surface area contributed by atoms with Crippen molar-refractivity contribution in [1.82, 2.24) is 20.3 Å². The van der Waals surface area contributed by atoms with E-state index in [1.807, 2.05) is 25.7 Å². The Morgan fingerprint density at radius 3 is 2.48 bits per heavy atom. The summed E-state index contributed by atoms with van der Waals surface area (Å²) in [6, 6.07) is -0.223. The zero-order chi connectivity index (χ0) is 20.1. The maximum atomic E-state index is 13.0. The van der Waals surface area contributed by atoms with Gasteiger partial charge in [-0.1, -0.05) is 13.8 Å². The van der Waals surface area contributed by atoms with E-state index in [1.54, 1.807) is 4.90 Å². The van der Waals surface area contributed by atoms with Gasteiger partial charge in [-0.2, -0.15) is 0 Å². The summed E-state index contributed by atoms with van der Waals surface area (Å²) in [7, 11) is 0. The monoisotopic (exact) mass is 383 g/mol. The lowest BCUT2D eigenvalue weighted by Gasteiger charge is -2.41. The zero-order valence-electron chi connectivity index (χ0n) is 15.7. The second-order valence-electron chi connectivity index (χ2n) is 7.18. The van der Waals surface area contributed by atoms with Crippen molar-refractivity contribution >= 4 is 17.8 Å². The molecule has 0 unspecified atom stereocenters. The fourth-order valence-electron chi connectivity index (χ4n) is 3.27. The minimum absolute atomic E-state index is 0.0734. The van der Waals surface area contributed by atoms with E-state index >= 15 is 0 Å². The number of carbonyl (C=O) groups excluding carboxylic acids is 2. The third kappa shape index (κ3) is 5.10. The van der Waals surface area contributed by atoms with E-state index in [9.17, 15) is 19.1 Å². The molecule has 2 amide bonds. The van der Waals surface area contributed by atoms with E-state index < -0.39 is 23.7 Å². The number of halogens is 1. The van der Waals surface area contributed by atoms with Crippen molar-refractivity contribution in [1.29, 1.82) is 0 Å². The lowest BCUT2D eigenvalue weighted by Crippen LogP contribution is -2.57. The Morgan fingerprint density at radius 1 is 1.33 bits per heavy atom. The van der Waals surface area contributed by atoms with E-state index in [0.29, 0.717) is 32.0 Å². The van der Waals surface area contributed by atoms with E-state index in [2.05, 4.69) is 9.97 Å². The standard InChI is InChI=1S/C17H26FN5O4/c1-10(2)6-13(14(24)15(25)21-27)16(26)23-5-4-22(9-11(23)3)17-19-7-12(18)8-20-17/h7-8,10-11,13-14,24,27H,4-6,9H2,1-3H3,(H,21,25)/t11-,13+,14+/m1/s1. The molecule has 0 saturated carbocycles. The largest absolute Gasteiger partial charge is 0.382 e. The Balaban J connectivity index is 2.10. The molecule has 0 aromatic carbocycles. The zero-order valence-corrected chi connectivity index (χ0v) is 15.7. The molecular formula is C17H26FN5O4. The minimum atomic E-state index is -1.63. The van der Waals surface area contributed by atoms with Gasteiger partial charge in [0.25, 0.3) is 5.91 Å². The molecule has 1 fully saturated rings. The summed E-state index contributed by atoms with van der Waals surface area (Å²) < 4.78 is 13.0. The van der Waals surface area contributed by atoms with Crippen LogP contribution in [0, 0.1) is 17.7 Å². The summed E-state index contributed by atoms with van der Waals surface area (Å²) in [6.45, 7) is 6.85. The van der Waals surface area contributed by atoms with Gasteiger partial charge in [0.05, 0.1) is 18.3 Å². The molecular weight excluding hydrogens is 357 g/mol. The smallest absolute Gasteiger partial charge is 0.272 e. The molecule has 3 atom stereocenters. The van der Waals surface area contributed by atoms with Gasteiger partial charge >= 0.3 is 0 Å². The Kier molecular flexibility index (Phi) is 7.03. The molecule has 9 nitrogen and oxygen atoms in total. The van der Waals surface area contributed by atoms with Gasteiger partial charge in [-0.15, -0.1) is 0 Å². The van der Waals surface area contributed by atoms with E-state index in [4.69, 9.17) is 5.21 Å². The molecule has 0 bridgehead atoms. The average Bonchev–Trinajstić information content (AvgIpc) is 2.64. The summed E-state index contributed by atoms with van der Waals surface area (Å²) in [6.07, 6.45) is 0.859. The lowest BCUT2D eigenvalue weighted by atomic mass is 9.89. The Labute approximate surface area is 157 Å². The minimum Gasteiger partial charge on any atom is -0.382 e. The summed E-state index contributed by atoms with van der Waals surface area (Å²) >= 11 is 0. The van der Waals surface area contributed by atoms with E-state index in [0.717, 1.165) is 12.4 Å². The number of hydroxylamine groups is 1. The first kappa shape index (κ1) is 21.0. The number of carbonyl (C=O) groups is 2. The Bertz CT molecular complexity index is 657. The van der Waals surface area contributed by atoms with Gasteiger partial charge in [0.1, 0.15) is 6.10 Å². The number of anilines is 1. The molecule has 1 aliphatic rings. The van der Waals surface area contributed by atoms with Crippen LogP contribution in [0.25, 0.3) is 0 Å². The summed E-state index contributed by atoms with van der Waals surface area (Å²) in [5, 5.41) is 19.0. The second-order valence-corrected chi connectivity index (χ2v) is 7.18. The highest BCUT2D eigenvalue weighted by atomic mass is 19.1. The summed E-state index contributed by atoms with van der Waals surface area (Å²) in [5.74, 6) is -2.36. The van der Waals surface area contributed by atoms with Gasteiger partial charge < -0.3 is 14.9 Å². The predicted octanol–water partition coefficient (Wildman–Crippen LogP) is 0.181. The number of nitrogens with one attached hydrogen (secondary N) is 1. The number of hydrogen-bond donors (Lipinski definition) is 3. The highest BCUT2D eigenvalue weighted by Gasteiger charge is 2.38. The van der Waals surface area contributed by atoms with Crippen LogP contribution in [-0.2, 0) is 9.59 Å². The molecule has 1 saturated heterocycles. The van der Waals surface area contributed by atoms with Gasteiger partial charge in [-0.25, -0.2) is 19.8 Å². The van der Waals surface area contributed by atoms with Crippen LogP contribution in [0.1, 0.15) is 27.2 Å². The normalized spacial score (nSPS) is 19.7. The van der Waals surface area contributed by atoms with Crippen molar-refractivity contribution in [2.75, 3.05) is 24.5 Å². The molecule has 10 heteroatoms. The van der Waals surface area contributed by atoms with Crippen LogP contribution in [0.4, 0.5) is 10.3 Å². The fraction of sp³-hybridized carbons (Fsp3) is 0.647. The quantitative estimate of drug-likeness (QED) is 0.474. The average molecular weight is 383 g/mol. The Hall–Kier alpha value is -2.33. The molecule has 2 rings (SSSR count). The molecule has 2 heterocycles. The first-order chi connectivity index (χ1) is 12.7. The molecule has 27 heavy (non-hydrogen) atoms. The molecule has 3 N–H and O–H groups in total. The van der Waals surface area contributed by atoms with Gasteiger partial charge in [0, 0.05) is 25.7 Å². The van der Waals surface area contributed by atoms with Crippen LogP contribution in [0.15, 0.2) is 12.4 Å². The number of aromatic nitrogens is 2. The number of aliphatic hydroxyl groups excluding tert-OH is 1. The van der Waals surface area contributed by atoms with Crippen LogP contribution in [0.2, 0.25) is 0 Å². The molecule has 1 aromatic heterocycles. The summed E-state index contributed by atoms with van der Waals surface area (Å²) in [5.41, 5.74) is 1.41. The van der Waals surface area contributed by atoms with Gasteiger partial charge in [0.2, 0.25) is 11.9 Å². The van der Waals surface area contributed by atoms with Crippen molar-refractivity contribution in [3.8, 4) is 0 Å². The van der Waals surface area contributed by atoms with Crippen molar-refractivity contribution < 1.29 is 24.3 Å². The molecule has 0 spiro atoms. The van der Waals surface area contributed by atoms with Crippen molar-refractivity contribution in [3.05, 3.63) is 18.2 Å². The number of aliphatic hydroxyl groups is 1. The number of nitrogens with zero attached hydrogens (tertiary/aromatic N) is 4. The van der Waals surface area contributed by atoms with Crippen molar-refractivity contribution in [3.63, 3.8) is 0 Å². The number of hydrogen-bond acceptors (Lipinski definition) is 7. The first-order valence-corrected chi connectivity index (χ1v) is 8.89. The topological polar surface area (TPSA) is 119 Å². The highest BCUT2D eigenvalue weighted by molar-refractivity contribution is 5.89. The van der Waals surface area contributed by atoms with Crippen LogP contribution >= 0.6 is 0 Å². The van der Waals surface area contributed by atoms with Gasteiger partial charge in [0.15, 0.2) is 5.82 Å². The third-order valence-electron chi connectivity index (χ3n) is 4.60. The predicted molar refractivity (Wildman–Crippen MR) is 94.3 cm³/mol. The van der Waals surface area contributed by atoms with Crippen LogP contribution in [0.3, 0.4) is 0 Å². The van der Waals surface area contributed by atoms with E-state index in [-0.39, 0.29) is 17.9 Å². The molecule has 0 aliphatic carbocycles. The number of rotatable bonds is 6. The maximum Gasteiger partial charge on any atom is 0.272 e. The van der Waals surface area contributed by atoms with Gasteiger partial charge in [-0.3, -0.25) is 14.8 Å². The van der Waals surface area contributed by atoms with Crippen LogP contribution in [-0.4, -0.2) is 68.8 Å². The fourth-order valence-corrected chi connectivity index (χ4v) is 3.27. The van der Waals surface area contributed by atoms with Crippen molar-refractivity contribution in [2.24, 2.45) is 11.8 Å². The van der Waals surface area contributed by atoms with Crippen LogP contribution < -0.4 is 10.4 Å². The van der Waals surface area contributed by atoms with E-state index in [1.165, 1.54) is 5.48 Å². The first-order valence-electron chi connectivity index (χ1n) is 8.89. The molecule has 150 valence electrons. The van der Waals surface area contributed by atoms with Crippen LogP contribution in [0.5, 0.6) is 0 Å². The third-order valence-corrected chi connectivity index (χ3v) is 4.60. The molecule has 1 aliphatic heterocycles. The Morgan fingerprint density at radius 2 is 1.96 bits per heavy atom. The van der Waals surface area contributed by atoms with Crippen molar-refractivity contribution in [2.45, 2.75) is 39.3 Å². The number of piperazine rings is 1. The molecule has 1 aromatic rings. The van der Waals surface area contributed by atoms with Gasteiger partial charge in [-0.05, 0) is 19.3 Å². The summed E-state index contributed by atoms with van der Waals surface area (Å²) in [4.78, 5) is 36.0. The maximum absolute atomic E-state index is 13.0. The molecule has 0 radical (unpaired) electrons.